The van der Waals surface area contributed by atoms with Gasteiger partial charge < -0.3 is 0 Å². The van der Waals surface area contributed by atoms with Gasteiger partial charge in [0.15, 0.2) is 6.08 Å². The monoisotopic (exact) mass is 131 g/mol. The molecule has 0 aliphatic heterocycles. The molecule has 0 aliphatic carbocycles. The summed E-state index contributed by atoms with van der Waals surface area (Å²) in [7, 11) is 0. The molecule has 0 nitrogen and oxygen atoms in total. The molecule has 0 aromatic heterocycles. The zero-order valence-electron chi connectivity index (χ0n) is 5.96. The van der Waals surface area contributed by atoms with Crippen molar-refractivity contribution < 1.29 is 0 Å². The lowest BCUT2D eigenvalue weighted by Crippen LogP contribution is -1.79. The van der Waals surface area contributed by atoms with Gasteiger partial charge in [-0.2, -0.15) is 0 Å². The molecule has 0 heteroatoms. The van der Waals surface area contributed by atoms with Crippen LogP contribution in [0.4, 0.5) is 0 Å². The number of benzene rings is 1. The fourth-order valence-corrected chi connectivity index (χ4v) is 0.895. The summed E-state index contributed by atoms with van der Waals surface area (Å²) in [6, 6.07) is 10.3. The van der Waals surface area contributed by atoms with Crippen LogP contribution in [0.2, 0.25) is 0 Å². The average Bonchev–Trinajstić information content (AvgIpc) is 2.03. The molecule has 1 aromatic rings. The van der Waals surface area contributed by atoms with Crippen LogP contribution in [0.5, 0.6) is 0 Å². The molecular weight excluding hydrogens is 120 g/mol. The Labute approximate surface area is 62.2 Å². The molecular formula is C10H11+. The van der Waals surface area contributed by atoms with E-state index in [0.29, 0.717) is 0 Å². The van der Waals surface area contributed by atoms with Crippen molar-refractivity contribution in [1.29, 1.82) is 0 Å². The van der Waals surface area contributed by atoms with E-state index in [2.05, 4.69) is 12.1 Å². The smallest absolute Gasteiger partial charge is 0.0622 e. The highest BCUT2D eigenvalue weighted by Gasteiger charge is 1.88. The van der Waals surface area contributed by atoms with Crippen LogP contribution in [-0.2, 0) is 6.42 Å². The summed E-state index contributed by atoms with van der Waals surface area (Å²) in [4.78, 5) is 0. The maximum Gasteiger partial charge on any atom is 0.201 e. The van der Waals surface area contributed by atoms with E-state index in [1.807, 2.05) is 18.2 Å². The highest BCUT2D eigenvalue weighted by atomic mass is 13.9. The van der Waals surface area contributed by atoms with E-state index in [4.69, 9.17) is 6.58 Å². The Balaban J connectivity index is 2.50. The zero-order valence-corrected chi connectivity index (χ0v) is 5.96. The third kappa shape index (κ3) is 2.00. The molecule has 0 saturated heterocycles. The Bertz CT molecular complexity index is 186. The minimum atomic E-state index is 0.962. The second-order valence-corrected chi connectivity index (χ2v) is 2.26. The Kier molecular flexibility index (Phi) is 2.66. The Morgan fingerprint density at radius 2 is 1.90 bits per heavy atom. The third-order valence-corrected chi connectivity index (χ3v) is 1.44. The highest BCUT2D eigenvalue weighted by Crippen LogP contribution is 2.01. The maximum absolute atomic E-state index is 5.25. The van der Waals surface area contributed by atoms with Gasteiger partial charge in [0, 0.05) is 6.42 Å². The molecule has 0 aliphatic rings. The van der Waals surface area contributed by atoms with Gasteiger partial charge in [-0.3, -0.25) is 0 Å². The standard InChI is InChI=1S/C10H11/c1-2-3-7-10-8-5-4-6-9-10/h1-2,4-6,8-9H,3,7H2/q+1. The molecule has 0 unspecified atom stereocenters. The third-order valence-electron chi connectivity index (χ3n) is 1.44. The SMILES string of the molecule is [CH+]=CCCc1ccccc1. The minimum Gasteiger partial charge on any atom is -0.0622 e. The van der Waals surface area contributed by atoms with Crippen LogP contribution >= 0.6 is 0 Å². The van der Waals surface area contributed by atoms with Gasteiger partial charge in [-0.15, -0.1) is 0 Å². The average molecular weight is 131 g/mol. The number of aryl methyl sites for hydroxylation is 1. The Morgan fingerprint density at radius 3 is 2.50 bits per heavy atom. The molecule has 0 atom stereocenters. The lowest BCUT2D eigenvalue weighted by atomic mass is 10.1. The molecule has 0 spiro atoms. The summed E-state index contributed by atoms with van der Waals surface area (Å²) < 4.78 is 0. The summed E-state index contributed by atoms with van der Waals surface area (Å²) in [5.74, 6) is 0. The molecule has 0 amide bonds. The summed E-state index contributed by atoms with van der Waals surface area (Å²) in [5, 5.41) is 0. The summed E-state index contributed by atoms with van der Waals surface area (Å²) in [6.45, 7) is 5.25. The van der Waals surface area contributed by atoms with Crippen LogP contribution in [0, 0.1) is 6.58 Å². The van der Waals surface area contributed by atoms with E-state index in [9.17, 15) is 0 Å². The molecule has 0 fully saturated rings. The molecule has 0 radical (unpaired) electrons. The zero-order chi connectivity index (χ0) is 7.23. The molecule has 1 aromatic carbocycles. The molecule has 0 heterocycles. The van der Waals surface area contributed by atoms with E-state index >= 15 is 0 Å². The van der Waals surface area contributed by atoms with Crippen molar-refractivity contribution in [2.45, 2.75) is 12.8 Å². The van der Waals surface area contributed by atoms with Crippen LogP contribution in [0.1, 0.15) is 12.0 Å². The molecule has 1 rings (SSSR count). The fraction of sp³-hybridized carbons (Fsp3) is 0.200. The van der Waals surface area contributed by atoms with Crippen molar-refractivity contribution in [3.63, 3.8) is 0 Å². The van der Waals surface area contributed by atoms with Crippen LogP contribution in [0.15, 0.2) is 36.4 Å². The predicted molar refractivity (Wildman–Crippen MR) is 43.6 cm³/mol. The van der Waals surface area contributed by atoms with Crippen molar-refractivity contribution in [3.05, 3.63) is 48.6 Å². The molecule has 0 saturated carbocycles. The first-order valence-corrected chi connectivity index (χ1v) is 3.51. The largest absolute Gasteiger partial charge is 0.201 e. The van der Waals surface area contributed by atoms with E-state index in [-0.39, 0.29) is 0 Å². The van der Waals surface area contributed by atoms with E-state index in [0.717, 1.165) is 12.8 Å². The normalized spacial score (nSPS) is 9.10. The molecule has 0 bridgehead atoms. The van der Waals surface area contributed by atoms with Crippen LogP contribution < -0.4 is 0 Å². The van der Waals surface area contributed by atoms with Crippen molar-refractivity contribution in [2.24, 2.45) is 0 Å². The minimum absolute atomic E-state index is 0.962. The van der Waals surface area contributed by atoms with Gasteiger partial charge >= 0.3 is 0 Å². The quantitative estimate of drug-likeness (QED) is 0.553. The molecule has 50 valence electrons. The predicted octanol–water partition coefficient (Wildman–Crippen LogP) is 2.61. The van der Waals surface area contributed by atoms with Crippen LogP contribution in [0.3, 0.4) is 0 Å². The van der Waals surface area contributed by atoms with Gasteiger partial charge in [0.2, 0.25) is 6.58 Å². The van der Waals surface area contributed by atoms with Gasteiger partial charge in [0.1, 0.15) is 0 Å². The van der Waals surface area contributed by atoms with Gasteiger partial charge in [0.05, 0.1) is 0 Å². The van der Waals surface area contributed by atoms with Gasteiger partial charge in [0.25, 0.3) is 0 Å². The topological polar surface area (TPSA) is 0 Å². The Morgan fingerprint density at radius 1 is 1.20 bits per heavy atom. The van der Waals surface area contributed by atoms with Crippen LogP contribution in [-0.4, -0.2) is 0 Å². The summed E-state index contributed by atoms with van der Waals surface area (Å²) in [5.41, 5.74) is 1.35. The second-order valence-electron chi connectivity index (χ2n) is 2.26. The van der Waals surface area contributed by atoms with E-state index < -0.39 is 0 Å². The molecule has 0 N–H and O–H groups in total. The van der Waals surface area contributed by atoms with Crippen molar-refractivity contribution in [2.75, 3.05) is 0 Å². The molecule has 10 heavy (non-hydrogen) atoms. The number of allylic oxidation sites excluding steroid dienone is 1. The first kappa shape index (κ1) is 6.98. The highest BCUT2D eigenvalue weighted by molar-refractivity contribution is 5.14. The second kappa shape index (κ2) is 3.81. The van der Waals surface area contributed by atoms with E-state index in [1.165, 1.54) is 5.56 Å². The summed E-state index contributed by atoms with van der Waals surface area (Å²) in [6.07, 6.45) is 3.72. The lowest BCUT2D eigenvalue weighted by molar-refractivity contribution is 1.00. The van der Waals surface area contributed by atoms with Gasteiger partial charge in [-0.25, -0.2) is 0 Å². The van der Waals surface area contributed by atoms with Crippen LogP contribution in [0.25, 0.3) is 0 Å². The number of hydrogen-bond acceptors (Lipinski definition) is 0. The van der Waals surface area contributed by atoms with Gasteiger partial charge in [-0.1, -0.05) is 30.3 Å². The maximum atomic E-state index is 5.25. The van der Waals surface area contributed by atoms with E-state index in [1.54, 1.807) is 6.08 Å². The van der Waals surface area contributed by atoms with Crippen molar-refractivity contribution >= 4 is 0 Å². The lowest BCUT2D eigenvalue weighted by Gasteiger charge is -1.92. The Hall–Kier alpha value is -1.13. The first-order valence-electron chi connectivity index (χ1n) is 3.51. The van der Waals surface area contributed by atoms with Crippen molar-refractivity contribution in [3.8, 4) is 0 Å². The fourth-order valence-electron chi connectivity index (χ4n) is 0.895. The van der Waals surface area contributed by atoms with Crippen molar-refractivity contribution in [1.82, 2.24) is 0 Å². The number of rotatable bonds is 3. The van der Waals surface area contributed by atoms with Gasteiger partial charge in [-0.05, 0) is 12.0 Å². The summed E-state index contributed by atoms with van der Waals surface area (Å²) >= 11 is 0. The first-order chi connectivity index (χ1) is 4.93. The number of hydrogen-bond donors (Lipinski definition) is 0.